The lowest BCUT2D eigenvalue weighted by atomic mass is 10.1. The van der Waals surface area contributed by atoms with Gasteiger partial charge in [-0.05, 0) is 69.8 Å². The Morgan fingerprint density at radius 2 is 1.50 bits per heavy atom. The van der Waals surface area contributed by atoms with Crippen molar-refractivity contribution in [2.45, 2.75) is 29.1 Å². The van der Waals surface area contributed by atoms with E-state index in [1.807, 2.05) is 18.2 Å². The molecule has 0 radical (unpaired) electrons. The number of nitrogens with one attached hydrogen (secondary N) is 1. The molecule has 2 atom stereocenters. The van der Waals surface area contributed by atoms with Crippen LogP contribution in [0.25, 0.3) is 0 Å². The van der Waals surface area contributed by atoms with E-state index < -0.39 is 22.0 Å². The number of anilines is 2. The second-order valence-electron chi connectivity index (χ2n) is 6.47. The van der Waals surface area contributed by atoms with Crippen LogP contribution >= 0.6 is 0 Å². The minimum atomic E-state index is -1.37. The van der Waals surface area contributed by atoms with Crippen LogP contribution in [0.15, 0.2) is 58.3 Å². The highest BCUT2D eigenvalue weighted by atomic mass is 32.2. The van der Waals surface area contributed by atoms with Crippen molar-refractivity contribution in [2.75, 3.05) is 36.8 Å². The topological polar surface area (TPSA) is 52.7 Å². The third-order valence-corrected chi connectivity index (χ3v) is 6.82. The van der Waals surface area contributed by atoms with Crippen molar-refractivity contribution in [1.82, 2.24) is 4.31 Å². The van der Waals surface area contributed by atoms with Gasteiger partial charge in [-0.1, -0.05) is 12.1 Å². The lowest BCUT2D eigenvalue weighted by molar-refractivity contribution is 0.578. The summed E-state index contributed by atoms with van der Waals surface area (Å²) in [6.45, 7) is 2.08. The number of hydrogen-bond acceptors (Lipinski definition) is 3. The van der Waals surface area contributed by atoms with E-state index in [9.17, 15) is 8.42 Å². The normalized spacial score (nSPS) is 17.1. The Balaban J connectivity index is 1.75. The summed E-state index contributed by atoms with van der Waals surface area (Å²) in [5, 5.41) is 0. The Morgan fingerprint density at radius 1 is 0.885 bits per heavy atom. The lowest BCUT2D eigenvalue weighted by Crippen LogP contribution is -2.30. The fourth-order valence-corrected chi connectivity index (χ4v) is 4.68. The van der Waals surface area contributed by atoms with Crippen LogP contribution in [0, 0.1) is 0 Å². The highest BCUT2D eigenvalue weighted by Gasteiger charge is 2.16. The second-order valence-corrected chi connectivity index (χ2v) is 9.38. The molecule has 0 aromatic heterocycles. The Hall–Kier alpha value is -1.70. The third-order valence-electron chi connectivity index (χ3n) is 4.37. The average Bonchev–Trinajstić information content (AvgIpc) is 2.68. The van der Waals surface area contributed by atoms with Crippen molar-refractivity contribution in [2.24, 2.45) is 0 Å². The molecule has 1 aliphatic heterocycles. The van der Waals surface area contributed by atoms with Gasteiger partial charge in [0.05, 0.1) is 21.2 Å². The molecule has 0 spiro atoms. The number of para-hydroxylation sites is 2. The van der Waals surface area contributed by atoms with Gasteiger partial charge in [0.25, 0.3) is 0 Å². The van der Waals surface area contributed by atoms with E-state index in [-0.39, 0.29) is 0 Å². The van der Waals surface area contributed by atoms with Crippen LogP contribution in [-0.2, 0) is 22.0 Å². The molecule has 1 heterocycles. The van der Waals surface area contributed by atoms with Crippen molar-refractivity contribution in [3.63, 3.8) is 0 Å². The summed E-state index contributed by atoms with van der Waals surface area (Å²) >= 11 is 0. The van der Waals surface area contributed by atoms with Gasteiger partial charge in [-0.15, -0.1) is 0 Å². The number of nitrogens with zero attached hydrogens (tertiary/aromatic N) is 2. The number of rotatable bonds is 6. The second kappa shape index (κ2) is 8.79. The maximum atomic E-state index is 12.8. The first kappa shape index (κ1) is 19.1. The van der Waals surface area contributed by atoms with E-state index in [2.05, 4.69) is 15.7 Å². The molecule has 0 bridgehead atoms. The molecule has 2 aromatic carbocycles. The predicted molar refractivity (Wildman–Crippen MR) is 109 cm³/mol. The Kier molecular flexibility index (Phi) is 6.45. The van der Waals surface area contributed by atoms with Crippen LogP contribution in [0.3, 0.4) is 0 Å². The van der Waals surface area contributed by atoms with Crippen molar-refractivity contribution in [3.8, 4) is 0 Å². The van der Waals surface area contributed by atoms with Gasteiger partial charge < -0.3 is 4.90 Å². The fourth-order valence-electron chi connectivity index (χ4n) is 3.02. The zero-order chi connectivity index (χ0) is 18.5. The highest BCUT2D eigenvalue weighted by Crippen LogP contribution is 2.29. The number of benzene rings is 2. The van der Waals surface area contributed by atoms with E-state index in [1.165, 1.54) is 19.3 Å². The van der Waals surface area contributed by atoms with Gasteiger partial charge in [0.15, 0.2) is 0 Å². The quantitative estimate of drug-likeness (QED) is 0.821. The largest absolute Gasteiger partial charge is 0.370 e. The lowest BCUT2D eigenvalue weighted by Gasteiger charge is -2.30. The first-order valence-corrected chi connectivity index (χ1v) is 11.0. The van der Waals surface area contributed by atoms with E-state index in [1.54, 1.807) is 42.7 Å². The van der Waals surface area contributed by atoms with Crippen LogP contribution in [0.5, 0.6) is 0 Å². The highest BCUT2D eigenvalue weighted by molar-refractivity contribution is 7.86. The summed E-state index contributed by atoms with van der Waals surface area (Å²) < 4.78 is 29.6. The average molecular weight is 392 g/mol. The Bertz CT molecular complexity index is 788. The van der Waals surface area contributed by atoms with Crippen LogP contribution in [0.2, 0.25) is 0 Å². The minimum absolute atomic E-state index is 0.665. The zero-order valence-electron chi connectivity index (χ0n) is 15.2. The van der Waals surface area contributed by atoms with Crippen molar-refractivity contribution < 1.29 is 8.42 Å². The standard InChI is InChI=1S/C19H25N3O2S2/c1-21(2)26(24)17-12-10-16(11-13-17)25(23)20-18-8-4-5-9-19(18)22-14-6-3-7-15-22/h4-5,8-13,20H,3,6-7,14-15H2,1-2H3. The summed E-state index contributed by atoms with van der Waals surface area (Å²) in [6, 6.07) is 15.1. The number of hydrogen-bond donors (Lipinski definition) is 1. The molecule has 26 heavy (non-hydrogen) atoms. The van der Waals surface area contributed by atoms with E-state index in [0.717, 1.165) is 24.5 Å². The van der Waals surface area contributed by atoms with Gasteiger partial charge in [0.1, 0.15) is 22.0 Å². The maximum absolute atomic E-state index is 12.8. The van der Waals surface area contributed by atoms with Gasteiger partial charge in [-0.25, -0.2) is 12.7 Å². The third kappa shape index (κ3) is 4.52. The van der Waals surface area contributed by atoms with Crippen molar-refractivity contribution in [3.05, 3.63) is 48.5 Å². The SMILES string of the molecule is CN(C)S(=O)c1ccc(S(=O)Nc2ccccc2N2CCCCC2)cc1. The van der Waals surface area contributed by atoms with Crippen molar-refractivity contribution >= 4 is 33.3 Å². The summed E-state index contributed by atoms with van der Waals surface area (Å²) in [6.07, 6.45) is 3.67. The molecular formula is C19H25N3O2S2. The summed E-state index contributed by atoms with van der Waals surface area (Å²) in [4.78, 5) is 3.72. The Labute approximate surface area is 160 Å². The molecule has 0 saturated carbocycles. The number of piperidine rings is 1. The molecule has 1 saturated heterocycles. The molecule has 2 unspecified atom stereocenters. The van der Waals surface area contributed by atoms with Crippen LogP contribution in [0.1, 0.15) is 19.3 Å². The molecule has 0 aliphatic carbocycles. The van der Waals surface area contributed by atoms with Gasteiger partial charge in [-0.3, -0.25) is 4.72 Å². The molecule has 1 aliphatic rings. The van der Waals surface area contributed by atoms with Gasteiger partial charge in [-0.2, -0.15) is 0 Å². The van der Waals surface area contributed by atoms with Gasteiger partial charge in [0, 0.05) is 13.1 Å². The van der Waals surface area contributed by atoms with E-state index >= 15 is 0 Å². The zero-order valence-corrected chi connectivity index (χ0v) is 16.8. The van der Waals surface area contributed by atoms with E-state index in [0.29, 0.717) is 9.79 Å². The molecular weight excluding hydrogens is 366 g/mol. The first-order valence-electron chi connectivity index (χ1n) is 8.78. The van der Waals surface area contributed by atoms with Gasteiger partial charge >= 0.3 is 0 Å². The monoisotopic (exact) mass is 391 g/mol. The first-order chi connectivity index (χ1) is 12.6. The molecule has 1 fully saturated rings. The summed E-state index contributed by atoms with van der Waals surface area (Å²) in [7, 11) is 0.965. The van der Waals surface area contributed by atoms with Gasteiger partial charge in [0.2, 0.25) is 0 Å². The van der Waals surface area contributed by atoms with E-state index in [4.69, 9.17) is 0 Å². The Morgan fingerprint density at radius 3 is 2.15 bits per heavy atom. The predicted octanol–water partition coefficient (Wildman–Crippen LogP) is 3.40. The molecule has 1 N–H and O–H groups in total. The molecule has 3 rings (SSSR count). The van der Waals surface area contributed by atoms with Crippen molar-refractivity contribution in [1.29, 1.82) is 0 Å². The molecule has 140 valence electrons. The van der Waals surface area contributed by atoms with Crippen LogP contribution < -0.4 is 9.62 Å². The summed E-state index contributed by atoms with van der Waals surface area (Å²) in [5.41, 5.74) is 1.99. The maximum Gasteiger partial charge on any atom is 0.150 e. The summed E-state index contributed by atoms with van der Waals surface area (Å²) in [5.74, 6) is 0. The fraction of sp³-hybridized carbons (Fsp3) is 0.368. The minimum Gasteiger partial charge on any atom is -0.370 e. The molecule has 0 amide bonds. The van der Waals surface area contributed by atoms with Crippen LogP contribution in [-0.4, -0.2) is 39.9 Å². The smallest absolute Gasteiger partial charge is 0.150 e. The molecule has 2 aromatic rings. The molecule has 7 heteroatoms. The van der Waals surface area contributed by atoms with Crippen LogP contribution in [0.4, 0.5) is 11.4 Å². The molecule has 5 nitrogen and oxygen atoms in total.